The molecular weight excluding hydrogens is 144 g/mol. The summed E-state index contributed by atoms with van der Waals surface area (Å²) in [7, 11) is 0. The third-order valence-corrected chi connectivity index (χ3v) is 4.20. The number of hydrogen-bond acceptors (Lipinski definition) is 0. The molecule has 2 saturated carbocycles. The van der Waals surface area contributed by atoms with E-state index in [0.29, 0.717) is 0 Å². The van der Waals surface area contributed by atoms with Crippen molar-refractivity contribution in [3.8, 4) is 0 Å². The highest BCUT2D eigenvalue weighted by Gasteiger charge is 2.50. The van der Waals surface area contributed by atoms with Gasteiger partial charge in [-0.05, 0) is 30.6 Å². The van der Waals surface area contributed by atoms with E-state index in [2.05, 4.69) is 6.92 Å². The SMILES string of the molecule is CCC1CC12CCCCCCC2. The van der Waals surface area contributed by atoms with Gasteiger partial charge in [0.25, 0.3) is 0 Å². The standard InChI is InChI=1S/C12H22/c1-2-11-10-12(11)8-6-4-3-5-7-9-12/h11H,2-10H2,1H3. The molecule has 70 valence electrons. The lowest BCUT2D eigenvalue weighted by atomic mass is 9.86. The van der Waals surface area contributed by atoms with Crippen LogP contribution < -0.4 is 0 Å². The topological polar surface area (TPSA) is 0 Å². The second kappa shape index (κ2) is 3.40. The van der Waals surface area contributed by atoms with Gasteiger partial charge in [-0.2, -0.15) is 0 Å². The Morgan fingerprint density at radius 2 is 1.58 bits per heavy atom. The van der Waals surface area contributed by atoms with E-state index in [0.717, 1.165) is 11.3 Å². The van der Waals surface area contributed by atoms with Crippen molar-refractivity contribution in [2.75, 3.05) is 0 Å². The van der Waals surface area contributed by atoms with Gasteiger partial charge >= 0.3 is 0 Å². The van der Waals surface area contributed by atoms with Crippen LogP contribution in [-0.4, -0.2) is 0 Å². The van der Waals surface area contributed by atoms with E-state index < -0.39 is 0 Å². The van der Waals surface area contributed by atoms with Crippen LogP contribution in [0.5, 0.6) is 0 Å². The van der Waals surface area contributed by atoms with Crippen molar-refractivity contribution in [1.82, 2.24) is 0 Å². The minimum atomic E-state index is 0.870. The van der Waals surface area contributed by atoms with E-state index >= 15 is 0 Å². The molecule has 1 spiro atoms. The third kappa shape index (κ3) is 1.53. The molecule has 1 unspecified atom stereocenters. The molecule has 0 aliphatic heterocycles. The molecule has 0 amide bonds. The highest BCUT2D eigenvalue weighted by molar-refractivity contribution is 5.01. The van der Waals surface area contributed by atoms with Crippen LogP contribution in [0.4, 0.5) is 0 Å². The molecular formula is C12H22. The number of hydrogen-bond donors (Lipinski definition) is 0. The molecule has 0 nitrogen and oxygen atoms in total. The lowest BCUT2D eigenvalue weighted by Crippen LogP contribution is -2.06. The molecule has 0 aromatic rings. The van der Waals surface area contributed by atoms with Crippen molar-refractivity contribution in [2.45, 2.75) is 64.7 Å². The van der Waals surface area contributed by atoms with Crippen LogP contribution in [0.25, 0.3) is 0 Å². The van der Waals surface area contributed by atoms with E-state index in [1.807, 2.05) is 0 Å². The summed E-state index contributed by atoms with van der Waals surface area (Å²) in [6.07, 6.45) is 13.7. The van der Waals surface area contributed by atoms with Gasteiger partial charge in [-0.15, -0.1) is 0 Å². The smallest absolute Gasteiger partial charge is 0.0266 e. The maximum atomic E-state index is 2.37. The predicted molar refractivity (Wildman–Crippen MR) is 53.2 cm³/mol. The molecule has 0 bridgehead atoms. The van der Waals surface area contributed by atoms with Crippen molar-refractivity contribution < 1.29 is 0 Å². The Balaban J connectivity index is 1.87. The Hall–Kier alpha value is 0. The van der Waals surface area contributed by atoms with Crippen molar-refractivity contribution in [3.63, 3.8) is 0 Å². The first kappa shape index (κ1) is 8.59. The van der Waals surface area contributed by atoms with Gasteiger partial charge in [0.2, 0.25) is 0 Å². The van der Waals surface area contributed by atoms with Crippen molar-refractivity contribution in [3.05, 3.63) is 0 Å². The molecule has 12 heavy (non-hydrogen) atoms. The van der Waals surface area contributed by atoms with Crippen molar-refractivity contribution in [2.24, 2.45) is 11.3 Å². The van der Waals surface area contributed by atoms with Crippen LogP contribution in [0.1, 0.15) is 64.7 Å². The summed E-state index contributed by atoms with van der Waals surface area (Å²) in [6, 6.07) is 0. The van der Waals surface area contributed by atoms with Gasteiger partial charge < -0.3 is 0 Å². The first-order valence-electron chi connectivity index (χ1n) is 5.87. The van der Waals surface area contributed by atoms with Gasteiger partial charge in [0.1, 0.15) is 0 Å². The maximum absolute atomic E-state index is 2.37. The zero-order chi connectivity index (χ0) is 8.44. The molecule has 0 radical (unpaired) electrons. The summed E-state index contributed by atoms with van der Waals surface area (Å²) in [6.45, 7) is 2.37. The third-order valence-electron chi connectivity index (χ3n) is 4.20. The summed E-state index contributed by atoms with van der Waals surface area (Å²) < 4.78 is 0. The average Bonchev–Trinajstić information content (AvgIpc) is 2.73. The van der Waals surface area contributed by atoms with Crippen LogP contribution in [0.2, 0.25) is 0 Å². The minimum Gasteiger partial charge on any atom is -0.0651 e. The average molecular weight is 166 g/mol. The van der Waals surface area contributed by atoms with Crippen LogP contribution >= 0.6 is 0 Å². The molecule has 0 N–H and O–H groups in total. The van der Waals surface area contributed by atoms with Gasteiger partial charge in [-0.1, -0.05) is 45.4 Å². The van der Waals surface area contributed by atoms with Crippen molar-refractivity contribution >= 4 is 0 Å². The monoisotopic (exact) mass is 166 g/mol. The fraction of sp³-hybridized carbons (Fsp3) is 1.00. The Kier molecular flexibility index (Phi) is 2.43. The summed E-state index contributed by atoms with van der Waals surface area (Å²) in [5.41, 5.74) is 0.870. The van der Waals surface area contributed by atoms with Gasteiger partial charge in [-0.25, -0.2) is 0 Å². The fourth-order valence-electron chi connectivity index (χ4n) is 3.23. The van der Waals surface area contributed by atoms with E-state index in [-0.39, 0.29) is 0 Å². The van der Waals surface area contributed by atoms with Gasteiger partial charge in [0.05, 0.1) is 0 Å². The van der Waals surface area contributed by atoms with Crippen LogP contribution in [0.3, 0.4) is 0 Å². The molecule has 0 heterocycles. The molecule has 2 rings (SSSR count). The van der Waals surface area contributed by atoms with Crippen molar-refractivity contribution in [1.29, 1.82) is 0 Å². The lowest BCUT2D eigenvalue weighted by molar-refractivity contribution is 0.326. The van der Waals surface area contributed by atoms with E-state index in [9.17, 15) is 0 Å². The highest BCUT2D eigenvalue weighted by atomic mass is 14.6. The Labute approximate surface area is 76.7 Å². The molecule has 0 saturated heterocycles. The summed E-state index contributed by atoms with van der Waals surface area (Å²) in [5, 5.41) is 0. The molecule has 0 aromatic carbocycles. The first-order valence-corrected chi connectivity index (χ1v) is 5.87. The van der Waals surface area contributed by atoms with E-state index in [4.69, 9.17) is 0 Å². The normalized spacial score (nSPS) is 34.2. The highest BCUT2D eigenvalue weighted by Crippen LogP contribution is 2.61. The second-order valence-electron chi connectivity index (χ2n) is 4.94. The number of rotatable bonds is 1. The summed E-state index contributed by atoms with van der Waals surface area (Å²) in [5.74, 6) is 1.12. The van der Waals surface area contributed by atoms with Crippen LogP contribution in [0, 0.1) is 11.3 Å². The minimum absolute atomic E-state index is 0.870. The zero-order valence-corrected chi connectivity index (χ0v) is 8.44. The summed E-state index contributed by atoms with van der Waals surface area (Å²) >= 11 is 0. The molecule has 2 aliphatic carbocycles. The van der Waals surface area contributed by atoms with Gasteiger partial charge in [0, 0.05) is 0 Å². The van der Waals surface area contributed by atoms with Crippen LogP contribution in [0.15, 0.2) is 0 Å². The zero-order valence-electron chi connectivity index (χ0n) is 8.44. The molecule has 0 heteroatoms. The molecule has 0 aromatic heterocycles. The van der Waals surface area contributed by atoms with Gasteiger partial charge in [0.15, 0.2) is 0 Å². The first-order chi connectivity index (χ1) is 5.87. The largest absolute Gasteiger partial charge is 0.0651 e. The summed E-state index contributed by atoms with van der Waals surface area (Å²) in [4.78, 5) is 0. The Bertz CT molecular complexity index is 140. The predicted octanol–water partition coefficient (Wildman–Crippen LogP) is 4.15. The molecule has 2 aliphatic rings. The Morgan fingerprint density at radius 3 is 2.08 bits per heavy atom. The molecule has 1 atom stereocenters. The van der Waals surface area contributed by atoms with E-state index in [1.54, 1.807) is 19.3 Å². The molecule has 2 fully saturated rings. The lowest BCUT2D eigenvalue weighted by Gasteiger charge is -2.19. The Morgan fingerprint density at radius 1 is 1.00 bits per heavy atom. The second-order valence-corrected chi connectivity index (χ2v) is 4.94. The quantitative estimate of drug-likeness (QED) is 0.549. The fourth-order valence-corrected chi connectivity index (χ4v) is 3.23. The van der Waals surface area contributed by atoms with Crippen LogP contribution in [-0.2, 0) is 0 Å². The maximum Gasteiger partial charge on any atom is -0.0266 e. The van der Waals surface area contributed by atoms with E-state index in [1.165, 1.54) is 38.5 Å². The van der Waals surface area contributed by atoms with Gasteiger partial charge in [-0.3, -0.25) is 0 Å².